The zero-order chi connectivity index (χ0) is 23.3. The van der Waals surface area contributed by atoms with Gasteiger partial charge in [-0.15, -0.1) is 0 Å². The summed E-state index contributed by atoms with van der Waals surface area (Å²) in [5.41, 5.74) is 1.64. The minimum absolute atomic E-state index is 0.0553. The average Bonchev–Trinajstić information content (AvgIpc) is 2.84. The lowest BCUT2D eigenvalue weighted by Gasteiger charge is -2.19. The maximum Gasteiger partial charge on any atom is 0.261 e. The molecule has 9 heteroatoms. The van der Waals surface area contributed by atoms with Crippen molar-refractivity contribution >= 4 is 21.6 Å². The minimum Gasteiger partial charge on any atom is -0.494 e. The van der Waals surface area contributed by atoms with Gasteiger partial charge in [-0.25, -0.2) is 8.42 Å². The van der Waals surface area contributed by atoms with Gasteiger partial charge in [-0.2, -0.15) is 0 Å². The third-order valence-corrected chi connectivity index (χ3v) is 6.30. The molecule has 0 radical (unpaired) electrons. The van der Waals surface area contributed by atoms with Crippen molar-refractivity contribution in [2.75, 3.05) is 24.5 Å². The second-order valence-electron chi connectivity index (χ2n) is 7.25. The smallest absolute Gasteiger partial charge is 0.261 e. The van der Waals surface area contributed by atoms with Gasteiger partial charge in [0.05, 0.1) is 11.5 Å². The topological polar surface area (TPSA) is 103 Å². The normalized spacial score (nSPS) is 12.6. The van der Waals surface area contributed by atoms with Gasteiger partial charge in [0.15, 0.2) is 11.5 Å². The summed E-state index contributed by atoms with van der Waals surface area (Å²) in [6, 6.07) is 17.9. The van der Waals surface area contributed by atoms with Crippen molar-refractivity contribution in [3.63, 3.8) is 0 Å². The maximum absolute atomic E-state index is 12.7. The van der Waals surface area contributed by atoms with E-state index in [9.17, 15) is 13.2 Å². The van der Waals surface area contributed by atoms with Crippen LogP contribution in [0.2, 0.25) is 0 Å². The summed E-state index contributed by atoms with van der Waals surface area (Å²) < 4.78 is 44.2. The number of amides is 1. The zero-order valence-corrected chi connectivity index (χ0v) is 18.9. The Balaban J connectivity index is 1.37. The van der Waals surface area contributed by atoms with Crippen molar-refractivity contribution in [1.29, 1.82) is 0 Å². The number of hydrogen-bond acceptors (Lipinski definition) is 6. The van der Waals surface area contributed by atoms with Gasteiger partial charge in [-0.1, -0.05) is 6.07 Å². The van der Waals surface area contributed by atoms with Crippen molar-refractivity contribution in [3.8, 4) is 17.2 Å². The number of carbonyl (C=O) groups excluding carboxylic acids is 1. The Morgan fingerprint density at radius 3 is 2.33 bits per heavy atom. The molecule has 0 bridgehead atoms. The van der Waals surface area contributed by atoms with Crippen LogP contribution < -0.4 is 24.2 Å². The lowest BCUT2D eigenvalue weighted by molar-refractivity contribution is 0.0950. The Morgan fingerprint density at radius 1 is 0.939 bits per heavy atom. The van der Waals surface area contributed by atoms with Crippen LogP contribution in [-0.4, -0.2) is 34.1 Å². The highest BCUT2D eigenvalue weighted by atomic mass is 32.2. The molecule has 1 aliphatic rings. The molecule has 2 N–H and O–H groups in total. The molecule has 0 saturated carbocycles. The number of carbonyl (C=O) groups is 1. The Kier molecular flexibility index (Phi) is 6.69. The standard InChI is InChI=1S/C24H24N2O6S/c1-2-30-20-8-6-19(7-9-20)26-33(28,29)21-10-4-18(5-11-21)24(27)25-16-17-3-12-22-23(15-17)32-14-13-31-22/h3-12,15,26H,2,13-14,16H2,1H3,(H,25,27). The quantitative estimate of drug-likeness (QED) is 0.524. The van der Waals surface area contributed by atoms with Crippen molar-refractivity contribution in [2.24, 2.45) is 0 Å². The van der Waals surface area contributed by atoms with Crippen LogP contribution >= 0.6 is 0 Å². The molecule has 0 aromatic heterocycles. The molecule has 33 heavy (non-hydrogen) atoms. The monoisotopic (exact) mass is 468 g/mol. The van der Waals surface area contributed by atoms with Crippen molar-refractivity contribution < 1.29 is 27.4 Å². The van der Waals surface area contributed by atoms with Crippen molar-refractivity contribution in [2.45, 2.75) is 18.4 Å². The number of rotatable bonds is 8. The number of nitrogens with one attached hydrogen (secondary N) is 2. The average molecular weight is 469 g/mol. The summed E-state index contributed by atoms with van der Waals surface area (Å²) in [6.07, 6.45) is 0. The van der Waals surface area contributed by atoms with Gasteiger partial charge in [0.25, 0.3) is 15.9 Å². The fourth-order valence-electron chi connectivity index (χ4n) is 3.27. The first-order valence-corrected chi connectivity index (χ1v) is 12.0. The molecule has 1 amide bonds. The van der Waals surface area contributed by atoms with Gasteiger partial charge in [-0.3, -0.25) is 9.52 Å². The molecule has 0 atom stereocenters. The van der Waals surface area contributed by atoms with E-state index in [0.717, 1.165) is 5.56 Å². The fraction of sp³-hybridized carbons (Fsp3) is 0.208. The van der Waals surface area contributed by atoms with Crippen LogP contribution in [0.3, 0.4) is 0 Å². The predicted molar refractivity (Wildman–Crippen MR) is 123 cm³/mol. The largest absolute Gasteiger partial charge is 0.494 e. The number of fused-ring (bicyclic) bond motifs is 1. The third-order valence-electron chi connectivity index (χ3n) is 4.90. The van der Waals surface area contributed by atoms with Gasteiger partial charge in [-0.05, 0) is 73.2 Å². The molecule has 3 aromatic carbocycles. The van der Waals surface area contributed by atoms with Gasteiger partial charge in [0.1, 0.15) is 19.0 Å². The lowest BCUT2D eigenvalue weighted by Crippen LogP contribution is -2.23. The molecule has 0 fully saturated rings. The van der Waals surface area contributed by atoms with Crippen LogP contribution in [0.4, 0.5) is 5.69 Å². The molecular weight excluding hydrogens is 444 g/mol. The zero-order valence-electron chi connectivity index (χ0n) is 18.0. The highest BCUT2D eigenvalue weighted by molar-refractivity contribution is 7.92. The summed E-state index contributed by atoms with van der Waals surface area (Å²) in [5, 5.41) is 2.82. The minimum atomic E-state index is -3.79. The van der Waals surface area contributed by atoms with Crippen LogP contribution in [0.5, 0.6) is 17.2 Å². The highest BCUT2D eigenvalue weighted by Gasteiger charge is 2.16. The number of anilines is 1. The summed E-state index contributed by atoms with van der Waals surface area (Å²) in [4.78, 5) is 12.6. The van der Waals surface area contributed by atoms with E-state index in [-0.39, 0.29) is 10.8 Å². The SMILES string of the molecule is CCOc1ccc(NS(=O)(=O)c2ccc(C(=O)NCc3ccc4c(c3)OCCO4)cc2)cc1. The first kappa shape index (κ1) is 22.5. The van der Waals surface area contributed by atoms with E-state index in [4.69, 9.17) is 14.2 Å². The van der Waals surface area contributed by atoms with E-state index in [0.29, 0.717) is 54.9 Å². The third kappa shape index (κ3) is 5.56. The first-order valence-electron chi connectivity index (χ1n) is 10.5. The van der Waals surface area contributed by atoms with Gasteiger partial charge in [0.2, 0.25) is 0 Å². The summed E-state index contributed by atoms with van der Waals surface area (Å²) >= 11 is 0. The second kappa shape index (κ2) is 9.83. The molecule has 0 unspecified atom stereocenters. The predicted octanol–water partition coefficient (Wildman–Crippen LogP) is 3.59. The van der Waals surface area contributed by atoms with E-state index < -0.39 is 10.0 Å². The molecular formula is C24H24N2O6S. The maximum atomic E-state index is 12.7. The Morgan fingerprint density at radius 2 is 1.64 bits per heavy atom. The number of benzene rings is 3. The molecule has 1 aliphatic heterocycles. The molecule has 1 heterocycles. The Bertz CT molecular complexity index is 1220. The van der Waals surface area contributed by atoms with Gasteiger partial charge in [0, 0.05) is 17.8 Å². The molecule has 3 aromatic rings. The molecule has 0 aliphatic carbocycles. The second-order valence-corrected chi connectivity index (χ2v) is 8.93. The van der Waals surface area contributed by atoms with Crippen molar-refractivity contribution in [3.05, 3.63) is 77.9 Å². The van der Waals surface area contributed by atoms with E-state index in [2.05, 4.69) is 10.0 Å². The molecule has 0 saturated heterocycles. The van der Waals surface area contributed by atoms with E-state index in [1.165, 1.54) is 24.3 Å². The Labute approximate surface area is 192 Å². The van der Waals surface area contributed by atoms with Gasteiger partial charge >= 0.3 is 0 Å². The van der Waals surface area contributed by atoms with E-state index in [1.807, 2.05) is 25.1 Å². The highest BCUT2D eigenvalue weighted by Crippen LogP contribution is 2.30. The number of hydrogen-bond donors (Lipinski definition) is 2. The summed E-state index contributed by atoms with van der Waals surface area (Å²) in [7, 11) is -3.79. The number of ether oxygens (including phenoxy) is 3. The molecule has 0 spiro atoms. The summed E-state index contributed by atoms with van der Waals surface area (Å²) in [5.74, 6) is 1.69. The number of sulfonamides is 1. The van der Waals surface area contributed by atoms with Crippen LogP contribution in [-0.2, 0) is 16.6 Å². The van der Waals surface area contributed by atoms with Crippen LogP contribution in [0.1, 0.15) is 22.8 Å². The van der Waals surface area contributed by atoms with Crippen LogP contribution in [0.15, 0.2) is 71.6 Å². The fourth-order valence-corrected chi connectivity index (χ4v) is 4.33. The summed E-state index contributed by atoms with van der Waals surface area (Å²) in [6.45, 7) is 3.71. The van der Waals surface area contributed by atoms with Gasteiger partial charge < -0.3 is 19.5 Å². The first-order chi connectivity index (χ1) is 15.9. The molecule has 4 rings (SSSR count). The van der Waals surface area contributed by atoms with Crippen molar-refractivity contribution in [1.82, 2.24) is 5.32 Å². The Hall–Kier alpha value is -3.72. The van der Waals surface area contributed by atoms with E-state index >= 15 is 0 Å². The lowest BCUT2D eigenvalue weighted by atomic mass is 10.1. The molecule has 172 valence electrons. The molecule has 8 nitrogen and oxygen atoms in total. The van der Waals surface area contributed by atoms with E-state index in [1.54, 1.807) is 24.3 Å². The van der Waals surface area contributed by atoms with Crippen LogP contribution in [0, 0.1) is 0 Å². The van der Waals surface area contributed by atoms with Crippen LogP contribution in [0.25, 0.3) is 0 Å².